The minimum Gasteiger partial charge on any atom is -0.444 e. The lowest BCUT2D eigenvalue weighted by Crippen LogP contribution is -2.71. The number of benzene rings is 1. The van der Waals surface area contributed by atoms with E-state index in [2.05, 4.69) is 29.0 Å². The lowest BCUT2D eigenvalue weighted by molar-refractivity contribution is -0.0741. The van der Waals surface area contributed by atoms with E-state index in [1.807, 2.05) is 26.8 Å². The van der Waals surface area contributed by atoms with E-state index in [1.54, 1.807) is 4.90 Å². The summed E-state index contributed by atoms with van der Waals surface area (Å²) in [7, 11) is -3.60. The second-order valence-electron chi connectivity index (χ2n) is 10.8. The lowest BCUT2D eigenvalue weighted by Gasteiger charge is -2.51. The van der Waals surface area contributed by atoms with Gasteiger partial charge in [0.25, 0.3) is 0 Å². The van der Waals surface area contributed by atoms with Gasteiger partial charge < -0.3 is 19.1 Å². The van der Waals surface area contributed by atoms with Crippen LogP contribution in [0.2, 0.25) is 0 Å². The summed E-state index contributed by atoms with van der Waals surface area (Å²) in [5.74, 6) is 0.178. The van der Waals surface area contributed by atoms with Crippen molar-refractivity contribution in [2.45, 2.75) is 88.5 Å². The van der Waals surface area contributed by atoms with Crippen LogP contribution in [0, 0.1) is 0 Å². The highest BCUT2D eigenvalue weighted by molar-refractivity contribution is 7.89. The van der Waals surface area contributed by atoms with Gasteiger partial charge in [-0.1, -0.05) is 30.3 Å². The van der Waals surface area contributed by atoms with Gasteiger partial charge in [0.1, 0.15) is 5.60 Å². The van der Waals surface area contributed by atoms with E-state index in [1.165, 1.54) is 5.56 Å². The van der Waals surface area contributed by atoms with Crippen molar-refractivity contribution in [2.75, 3.05) is 25.7 Å². The van der Waals surface area contributed by atoms with E-state index < -0.39 is 33.3 Å². The van der Waals surface area contributed by atoms with Gasteiger partial charge >= 0.3 is 6.09 Å². The summed E-state index contributed by atoms with van der Waals surface area (Å²) < 4.78 is 45.3. The molecule has 2 saturated heterocycles. The zero-order chi connectivity index (χ0) is 24.4. The van der Waals surface area contributed by atoms with Crippen LogP contribution in [0.15, 0.2) is 30.3 Å². The highest BCUT2D eigenvalue weighted by Gasteiger charge is 2.52. The van der Waals surface area contributed by atoms with Gasteiger partial charge in [0.15, 0.2) is 5.94 Å². The Hall–Kier alpha value is -1.68. The first-order chi connectivity index (χ1) is 16.1. The van der Waals surface area contributed by atoms with Gasteiger partial charge in [-0.3, -0.25) is 0 Å². The molecule has 8 nitrogen and oxygen atoms in total. The number of sulfonamides is 1. The first-order valence-electron chi connectivity index (χ1n) is 12.3. The molecule has 2 unspecified atom stereocenters. The average molecular weight is 495 g/mol. The van der Waals surface area contributed by atoms with E-state index in [9.17, 15) is 13.2 Å². The van der Waals surface area contributed by atoms with Crippen molar-refractivity contribution in [1.29, 1.82) is 0 Å². The molecule has 0 bridgehead atoms. The second kappa shape index (κ2) is 10.1. The fourth-order valence-corrected chi connectivity index (χ4v) is 6.76. The Bertz CT molecular complexity index is 936. The van der Waals surface area contributed by atoms with E-state index in [4.69, 9.17) is 14.2 Å². The van der Waals surface area contributed by atoms with Crippen molar-refractivity contribution in [2.24, 2.45) is 0 Å². The van der Waals surface area contributed by atoms with Gasteiger partial charge in [0.05, 0.1) is 30.9 Å². The summed E-state index contributed by atoms with van der Waals surface area (Å²) in [6.07, 6.45) is 4.86. The van der Waals surface area contributed by atoms with Crippen molar-refractivity contribution in [3.63, 3.8) is 0 Å². The van der Waals surface area contributed by atoms with Crippen molar-refractivity contribution < 1.29 is 27.4 Å². The van der Waals surface area contributed by atoms with Crippen LogP contribution >= 0.6 is 0 Å². The molecule has 2 heterocycles. The van der Waals surface area contributed by atoms with Gasteiger partial charge in [0.2, 0.25) is 10.0 Å². The Morgan fingerprint density at radius 1 is 1.18 bits per heavy atom. The van der Waals surface area contributed by atoms with Crippen LogP contribution in [0.4, 0.5) is 4.79 Å². The number of nitrogens with one attached hydrogen (secondary N) is 1. The predicted molar refractivity (Wildman–Crippen MR) is 129 cm³/mol. The normalized spacial score (nSPS) is 31.9. The molecule has 3 fully saturated rings. The number of nitrogens with zero attached hydrogens (tertiary/aromatic N) is 1. The predicted octanol–water partition coefficient (Wildman–Crippen LogP) is 3.77. The Kier molecular flexibility index (Phi) is 7.57. The topological polar surface area (TPSA) is 94.2 Å². The zero-order valence-corrected chi connectivity index (χ0v) is 21.3. The largest absolute Gasteiger partial charge is 0.444 e. The minimum absolute atomic E-state index is 0.0838. The summed E-state index contributed by atoms with van der Waals surface area (Å²) in [6, 6.07) is 10.1. The molecule has 34 heavy (non-hydrogen) atoms. The fraction of sp³-hybridized carbons (Fsp3) is 0.720. The molecule has 4 rings (SSSR count). The quantitative estimate of drug-likeness (QED) is 0.685. The van der Waals surface area contributed by atoms with Gasteiger partial charge in [-0.05, 0) is 70.8 Å². The lowest BCUT2D eigenvalue weighted by atomic mass is 9.81. The van der Waals surface area contributed by atoms with E-state index in [-0.39, 0.29) is 25.3 Å². The smallest absolute Gasteiger partial charge is 0.410 e. The molecule has 9 heteroatoms. The first kappa shape index (κ1) is 25.4. The van der Waals surface area contributed by atoms with Gasteiger partial charge in [0, 0.05) is 6.54 Å². The first-order valence-corrected chi connectivity index (χ1v) is 14.0. The van der Waals surface area contributed by atoms with Crippen molar-refractivity contribution in [3.8, 4) is 0 Å². The molecular weight excluding hydrogens is 456 g/mol. The molecule has 0 aromatic heterocycles. The molecule has 1 amide bonds. The maximum Gasteiger partial charge on any atom is 0.410 e. The Labute approximate surface area is 203 Å². The number of hydrogen-bond donors (Lipinski definition) is 1. The van der Waals surface area contributed by atoms with Crippen molar-refractivity contribution in [3.05, 3.63) is 35.9 Å². The molecule has 0 radical (unpaired) electrons. The fourth-order valence-electron chi connectivity index (χ4n) is 5.48. The maximum absolute atomic E-state index is 13.1. The van der Waals surface area contributed by atoms with E-state index in [0.717, 1.165) is 25.7 Å². The van der Waals surface area contributed by atoms with E-state index in [0.29, 0.717) is 25.3 Å². The number of rotatable bonds is 4. The molecule has 1 N–H and O–H groups in total. The summed E-state index contributed by atoms with van der Waals surface area (Å²) in [6.45, 7) is 6.43. The molecule has 1 aliphatic carbocycles. The van der Waals surface area contributed by atoms with Gasteiger partial charge in [-0.25, -0.2) is 17.9 Å². The Balaban J connectivity index is 1.46. The number of ether oxygens (including phenoxy) is 3. The Morgan fingerprint density at radius 2 is 1.88 bits per heavy atom. The second-order valence-corrected chi connectivity index (χ2v) is 12.5. The number of amides is 1. The highest BCUT2D eigenvalue weighted by atomic mass is 32.2. The molecule has 2 aliphatic heterocycles. The monoisotopic (exact) mass is 494 g/mol. The molecule has 3 aliphatic rings. The highest BCUT2D eigenvalue weighted by Crippen LogP contribution is 2.36. The van der Waals surface area contributed by atoms with Crippen LogP contribution in [-0.2, 0) is 24.2 Å². The molecule has 1 aromatic rings. The average Bonchev–Trinajstić information content (AvgIpc) is 2.77. The summed E-state index contributed by atoms with van der Waals surface area (Å²) in [4.78, 5) is 14.7. The third-order valence-electron chi connectivity index (χ3n) is 7.06. The minimum atomic E-state index is -3.60. The van der Waals surface area contributed by atoms with Crippen LogP contribution in [0.25, 0.3) is 0 Å². The van der Waals surface area contributed by atoms with Crippen LogP contribution < -0.4 is 4.72 Å². The maximum atomic E-state index is 13.1. The van der Waals surface area contributed by atoms with Crippen molar-refractivity contribution >= 4 is 16.1 Å². The van der Waals surface area contributed by atoms with Crippen LogP contribution in [0.5, 0.6) is 0 Å². The van der Waals surface area contributed by atoms with Crippen LogP contribution in [0.3, 0.4) is 0 Å². The number of carbonyl (C=O) groups is 1. The Morgan fingerprint density at radius 3 is 2.53 bits per heavy atom. The third-order valence-corrected chi connectivity index (χ3v) is 8.25. The SMILES string of the molecule is CC(C)(C)OC(=O)N1CCCC2(COCS(=O)(=O)N2)C1COC1CCC(c2ccccc2)CC1. The van der Waals surface area contributed by atoms with E-state index >= 15 is 0 Å². The third kappa shape index (κ3) is 6.11. The summed E-state index contributed by atoms with van der Waals surface area (Å²) in [5, 5.41) is 0. The number of piperidine rings is 1. The molecule has 2 atom stereocenters. The van der Waals surface area contributed by atoms with Crippen LogP contribution in [0.1, 0.15) is 70.8 Å². The van der Waals surface area contributed by atoms with Gasteiger partial charge in [-0.2, -0.15) is 0 Å². The zero-order valence-electron chi connectivity index (χ0n) is 20.5. The molecule has 1 aromatic carbocycles. The number of hydrogen-bond acceptors (Lipinski definition) is 6. The summed E-state index contributed by atoms with van der Waals surface area (Å²) >= 11 is 0. The number of likely N-dealkylation sites (tertiary alicyclic amines) is 1. The van der Waals surface area contributed by atoms with Crippen molar-refractivity contribution in [1.82, 2.24) is 9.62 Å². The molecule has 190 valence electrons. The number of carbonyl (C=O) groups excluding carboxylic acids is 1. The standard InChI is InChI=1S/C25H38N2O6S/c1-24(2,3)33-23(28)27-15-7-14-25(17-31-18-34(29,30)26-25)22(27)16-32-21-12-10-20(11-13-21)19-8-5-4-6-9-19/h4-6,8-9,20-22,26H,7,10-18H2,1-3H3. The molecule has 1 saturated carbocycles. The molecular formula is C25H38N2O6S. The van der Waals surface area contributed by atoms with Gasteiger partial charge in [-0.15, -0.1) is 0 Å². The van der Waals surface area contributed by atoms with Crippen LogP contribution in [-0.4, -0.2) is 68.4 Å². The summed E-state index contributed by atoms with van der Waals surface area (Å²) in [5.41, 5.74) is -0.184. The molecule has 1 spiro atoms.